The van der Waals surface area contributed by atoms with Crippen molar-refractivity contribution in [2.24, 2.45) is 0 Å². The number of nitrogens with zero attached hydrogens (tertiary/aromatic N) is 1. The van der Waals surface area contributed by atoms with Gasteiger partial charge >= 0.3 is 0 Å². The number of ether oxygens (including phenoxy) is 1. The Morgan fingerprint density at radius 2 is 2.21 bits per heavy atom. The molecule has 0 aliphatic carbocycles. The molecule has 2 aromatic rings. The number of nitro groups is 1. The molecule has 2 heterocycles. The zero-order valence-electron chi connectivity index (χ0n) is 10.2. The van der Waals surface area contributed by atoms with Crippen LogP contribution in [0.5, 0.6) is 5.75 Å². The Morgan fingerprint density at radius 3 is 2.89 bits per heavy atom. The van der Waals surface area contributed by atoms with Crippen LogP contribution in [0.2, 0.25) is 0 Å². The molecule has 0 radical (unpaired) electrons. The van der Waals surface area contributed by atoms with Crippen LogP contribution in [-0.4, -0.2) is 4.92 Å². The molecular weight excluding hydrogens is 262 g/mol. The monoisotopic (exact) mass is 273 g/mol. The van der Waals surface area contributed by atoms with E-state index in [-0.39, 0.29) is 10.6 Å². The standard InChI is InChI=1S/C14H11NO3S/c1-9-3-2-4-10-7-12(15(16)17)14(18-13(9)10)11-5-6-19-8-11/h2-8,14H,1H3. The Kier molecular flexibility index (Phi) is 2.83. The summed E-state index contributed by atoms with van der Waals surface area (Å²) in [4.78, 5) is 10.8. The number of hydrogen-bond acceptors (Lipinski definition) is 4. The van der Waals surface area contributed by atoms with Crippen molar-refractivity contribution in [3.05, 3.63) is 67.5 Å². The smallest absolute Gasteiger partial charge is 0.291 e. The highest BCUT2D eigenvalue weighted by atomic mass is 32.1. The lowest BCUT2D eigenvalue weighted by Gasteiger charge is -2.23. The average molecular weight is 273 g/mol. The molecule has 1 unspecified atom stereocenters. The lowest BCUT2D eigenvalue weighted by Crippen LogP contribution is -2.19. The van der Waals surface area contributed by atoms with Crippen LogP contribution in [0.25, 0.3) is 6.08 Å². The Hall–Kier alpha value is -2.14. The topological polar surface area (TPSA) is 52.4 Å². The molecule has 0 N–H and O–H groups in total. The third-order valence-electron chi connectivity index (χ3n) is 3.11. The van der Waals surface area contributed by atoms with Crippen LogP contribution in [-0.2, 0) is 0 Å². The van der Waals surface area contributed by atoms with Crippen LogP contribution in [0.3, 0.4) is 0 Å². The molecule has 0 bridgehead atoms. The van der Waals surface area contributed by atoms with E-state index in [9.17, 15) is 10.1 Å². The Balaban J connectivity index is 2.14. The number of aryl methyl sites for hydroxylation is 1. The van der Waals surface area contributed by atoms with Gasteiger partial charge in [0.2, 0.25) is 6.10 Å². The maximum Gasteiger partial charge on any atom is 0.291 e. The van der Waals surface area contributed by atoms with Crippen molar-refractivity contribution in [3.8, 4) is 5.75 Å². The SMILES string of the molecule is Cc1cccc2c1OC(c1ccsc1)C([N+](=O)[O-])=C2. The fraction of sp³-hybridized carbons (Fsp3) is 0.143. The molecule has 0 spiro atoms. The van der Waals surface area contributed by atoms with Gasteiger partial charge in [0.15, 0.2) is 0 Å². The maximum absolute atomic E-state index is 11.2. The molecule has 3 rings (SSSR count). The van der Waals surface area contributed by atoms with Gasteiger partial charge in [-0.3, -0.25) is 10.1 Å². The molecule has 0 fully saturated rings. The van der Waals surface area contributed by atoms with Crippen molar-refractivity contribution in [3.63, 3.8) is 0 Å². The van der Waals surface area contributed by atoms with Crippen LogP contribution in [0.4, 0.5) is 0 Å². The van der Waals surface area contributed by atoms with Gasteiger partial charge in [-0.05, 0) is 29.3 Å². The van der Waals surface area contributed by atoms with E-state index in [0.717, 1.165) is 22.4 Å². The minimum Gasteiger partial charge on any atom is -0.473 e. The van der Waals surface area contributed by atoms with Crippen LogP contribution in [0, 0.1) is 17.0 Å². The van der Waals surface area contributed by atoms with Crippen molar-refractivity contribution in [1.82, 2.24) is 0 Å². The zero-order chi connectivity index (χ0) is 13.4. The second-order valence-electron chi connectivity index (χ2n) is 4.37. The van der Waals surface area contributed by atoms with E-state index in [1.54, 1.807) is 6.08 Å². The quantitative estimate of drug-likeness (QED) is 0.617. The number of fused-ring (bicyclic) bond motifs is 1. The van der Waals surface area contributed by atoms with E-state index >= 15 is 0 Å². The molecule has 19 heavy (non-hydrogen) atoms. The number of hydrogen-bond donors (Lipinski definition) is 0. The summed E-state index contributed by atoms with van der Waals surface area (Å²) in [6.45, 7) is 1.94. The second kappa shape index (κ2) is 4.51. The first kappa shape index (κ1) is 11.9. The molecule has 1 atom stereocenters. The van der Waals surface area contributed by atoms with Gasteiger partial charge in [-0.1, -0.05) is 18.2 Å². The lowest BCUT2D eigenvalue weighted by atomic mass is 10.0. The maximum atomic E-state index is 11.2. The van der Waals surface area contributed by atoms with Crippen LogP contribution >= 0.6 is 11.3 Å². The van der Waals surface area contributed by atoms with Gasteiger partial charge in [0.1, 0.15) is 5.75 Å². The minimum absolute atomic E-state index is 0.0801. The van der Waals surface area contributed by atoms with E-state index in [0.29, 0.717) is 0 Å². The normalized spacial score (nSPS) is 17.3. The van der Waals surface area contributed by atoms with Crippen molar-refractivity contribution in [2.45, 2.75) is 13.0 Å². The zero-order valence-corrected chi connectivity index (χ0v) is 11.0. The largest absolute Gasteiger partial charge is 0.473 e. The van der Waals surface area contributed by atoms with E-state index < -0.39 is 6.10 Å². The fourth-order valence-corrected chi connectivity index (χ4v) is 2.85. The number of thiophene rings is 1. The first-order valence-corrected chi connectivity index (χ1v) is 6.75. The summed E-state index contributed by atoms with van der Waals surface area (Å²) in [6, 6.07) is 7.50. The van der Waals surface area contributed by atoms with Gasteiger partial charge in [0.25, 0.3) is 5.70 Å². The summed E-state index contributed by atoms with van der Waals surface area (Å²) in [7, 11) is 0. The fourth-order valence-electron chi connectivity index (χ4n) is 2.17. The van der Waals surface area contributed by atoms with Crippen molar-refractivity contribution in [2.75, 3.05) is 0 Å². The van der Waals surface area contributed by atoms with Crippen molar-refractivity contribution in [1.29, 1.82) is 0 Å². The summed E-state index contributed by atoms with van der Waals surface area (Å²) in [5.74, 6) is 0.726. The van der Waals surface area contributed by atoms with Crippen LogP contribution < -0.4 is 4.74 Å². The molecule has 96 valence electrons. The summed E-state index contributed by atoms with van der Waals surface area (Å²) in [5, 5.41) is 15.0. The molecule has 0 saturated heterocycles. The van der Waals surface area contributed by atoms with Gasteiger partial charge in [-0.25, -0.2) is 0 Å². The number of benzene rings is 1. The van der Waals surface area contributed by atoms with Gasteiger partial charge in [0.05, 0.1) is 4.92 Å². The van der Waals surface area contributed by atoms with Crippen molar-refractivity contribution < 1.29 is 9.66 Å². The molecule has 5 heteroatoms. The molecule has 1 aliphatic rings. The predicted octanol–water partition coefficient (Wildman–Crippen LogP) is 3.81. The second-order valence-corrected chi connectivity index (χ2v) is 5.15. The Labute approximate surface area is 114 Å². The van der Waals surface area contributed by atoms with Crippen LogP contribution in [0.15, 0.2) is 40.7 Å². The Morgan fingerprint density at radius 1 is 1.37 bits per heavy atom. The van der Waals surface area contributed by atoms with Gasteiger partial charge in [-0.15, -0.1) is 0 Å². The highest BCUT2D eigenvalue weighted by Gasteiger charge is 2.33. The van der Waals surface area contributed by atoms with Crippen LogP contribution in [0.1, 0.15) is 22.8 Å². The molecule has 4 nitrogen and oxygen atoms in total. The molecule has 1 aliphatic heterocycles. The molecular formula is C14H11NO3S. The van der Waals surface area contributed by atoms with Gasteiger partial charge < -0.3 is 4.74 Å². The first-order valence-electron chi connectivity index (χ1n) is 5.81. The number of para-hydroxylation sites is 1. The highest BCUT2D eigenvalue weighted by Crippen LogP contribution is 2.39. The van der Waals surface area contributed by atoms with Gasteiger partial charge in [0, 0.05) is 17.2 Å². The van der Waals surface area contributed by atoms with Gasteiger partial charge in [-0.2, -0.15) is 11.3 Å². The predicted molar refractivity (Wildman–Crippen MR) is 73.8 cm³/mol. The third-order valence-corrected chi connectivity index (χ3v) is 3.81. The average Bonchev–Trinajstić information content (AvgIpc) is 2.91. The van der Waals surface area contributed by atoms with Crippen molar-refractivity contribution >= 4 is 17.4 Å². The number of rotatable bonds is 2. The van der Waals surface area contributed by atoms with E-state index in [4.69, 9.17) is 4.74 Å². The molecule has 1 aromatic carbocycles. The van der Waals surface area contributed by atoms with E-state index in [1.807, 2.05) is 41.9 Å². The Bertz CT molecular complexity index is 661. The minimum atomic E-state index is -0.630. The summed E-state index contributed by atoms with van der Waals surface area (Å²) >= 11 is 1.50. The third kappa shape index (κ3) is 2.02. The molecule has 0 saturated carbocycles. The molecule has 1 aromatic heterocycles. The van der Waals surface area contributed by atoms with E-state index in [1.165, 1.54) is 11.3 Å². The van der Waals surface area contributed by atoms with E-state index in [2.05, 4.69) is 0 Å². The summed E-state index contributed by atoms with van der Waals surface area (Å²) in [6.07, 6.45) is 0.976. The first-order chi connectivity index (χ1) is 9.16. The summed E-state index contributed by atoms with van der Waals surface area (Å²) < 4.78 is 5.88. The summed E-state index contributed by atoms with van der Waals surface area (Å²) in [5.41, 5.74) is 2.65. The highest BCUT2D eigenvalue weighted by molar-refractivity contribution is 7.08. The lowest BCUT2D eigenvalue weighted by molar-refractivity contribution is -0.434. The molecule has 0 amide bonds.